The van der Waals surface area contributed by atoms with Gasteiger partial charge >= 0.3 is 0 Å². The average Bonchev–Trinajstić information content (AvgIpc) is 2.97. The third-order valence-corrected chi connectivity index (χ3v) is 2.84. The molecular weight excluding hydrogens is 216 g/mol. The molecular formula is C11H12N6. The van der Waals surface area contributed by atoms with Crippen LogP contribution >= 0.6 is 0 Å². The SMILES string of the molecule is Cn1ncc2cc(CCc3nn[nH]n3)ccc21. The lowest BCUT2D eigenvalue weighted by molar-refractivity contribution is 0.797. The number of rotatable bonds is 3. The molecule has 3 rings (SSSR count). The summed E-state index contributed by atoms with van der Waals surface area (Å²) in [6.45, 7) is 0. The van der Waals surface area contributed by atoms with E-state index in [9.17, 15) is 0 Å². The Balaban J connectivity index is 1.81. The average molecular weight is 228 g/mol. The normalized spacial score (nSPS) is 11.1. The fourth-order valence-electron chi connectivity index (χ4n) is 1.91. The van der Waals surface area contributed by atoms with Gasteiger partial charge in [0.25, 0.3) is 0 Å². The van der Waals surface area contributed by atoms with Gasteiger partial charge in [0, 0.05) is 18.9 Å². The van der Waals surface area contributed by atoms with Crippen LogP contribution in [0.25, 0.3) is 10.9 Å². The van der Waals surface area contributed by atoms with Crippen molar-refractivity contribution in [1.29, 1.82) is 0 Å². The summed E-state index contributed by atoms with van der Waals surface area (Å²) in [4.78, 5) is 0. The van der Waals surface area contributed by atoms with Gasteiger partial charge in [-0.15, -0.1) is 10.2 Å². The van der Waals surface area contributed by atoms with Crippen LogP contribution in [-0.2, 0) is 19.9 Å². The predicted molar refractivity (Wildman–Crippen MR) is 62.3 cm³/mol. The fraction of sp³-hybridized carbons (Fsp3) is 0.273. The first-order valence-electron chi connectivity index (χ1n) is 5.46. The molecule has 6 nitrogen and oxygen atoms in total. The number of aromatic nitrogens is 6. The maximum Gasteiger partial charge on any atom is 0.174 e. The molecule has 0 unspecified atom stereocenters. The molecule has 6 heteroatoms. The summed E-state index contributed by atoms with van der Waals surface area (Å²) in [5.74, 6) is 0.747. The van der Waals surface area contributed by atoms with Gasteiger partial charge in [-0.05, 0) is 24.1 Å². The smallest absolute Gasteiger partial charge is 0.174 e. The maximum absolute atomic E-state index is 4.22. The highest BCUT2D eigenvalue weighted by Crippen LogP contribution is 2.15. The monoisotopic (exact) mass is 228 g/mol. The van der Waals surface area contributed by atoms with E-state index < -0.39 is 0 Å². The zero-order valence-corrected chi connectivity index (χ0v) is 9.46. The number of tetrazole rings is 1. The van der Waals surface area contributed by atoms with Gasteiger partial charge in [0.15, 0.2) is 5.82 Å². The number of H-pyrrole nitrogens is 1. The second-order valence-corrected chi connectivity index (χ2v) is 3.99. The van der Waals surface area contributed by atoms with Gasteiger partial charge in [-0.1, -0.05) is 11.3 Å². The third kappa shape index (κ3) is 1.89. The molecule has 1 N–H and O–H groups in total. The van der Waals surface area contributed by atoms with Crippen molar-refractivity contribution in [2.75, 3.05) is 0 Å². The van der Waals surface area contributed by atoms with Gasteiger partial charge in [-0.2, -0.15) is 10.3 Å². The lowest BCUT2D eigenvalue weighted by Gasteiger charge is -1.99. The first-order chi connectivity index (χ1) is 8.33. The molecule has 0 atom stereocenters. The van der Waals surface area contributed by atoms with Gasteiger partial charge in [-0.3, -0.25) is 4.68 Å². The summed E-state index contributed by atoms with van der Waals surface area (Å²) in [5, 5.41) is 19.3. The van der Waals surface area contributed by atoms with Crippen molar-refractivity contribution in [3.05, 3.63) is 35.8 Å². The standard InChI is InChI=1S/C11H12N6/c1-17-10-4-2-8(6-9(10)7-12-17)3-5-11-13-15-16-14-11/h2,4,6-7H,3,5H2,1H3,(H,13,14,15,16). The number of benzene rings is 1. The number of hydrogen-bond acceptors (Lipinski definition) is 4. The van der Waals surface area contributed by atoms with Gasteiger partial charge in [-0.25, -0.2) is 0 Å². The molecule has 0 fully saturated rings. The van der Waals surface area contributed by atoms with Crippen LogP contribution in [0.5, 0.6) is 0 Å². The van der Waals surface area contributed by atoms with Crippen LogP contribution in [0, 0.1) is 0 Å². The molecule has 0 aliphatic carbocycles. The minimum absolute atomic E-state index is 0.747. The van der Waals surface area contributed by atoms with Crippen molar-refractivity contribution in [1.82, 2.24) is 30.4 Å². The quantitative estimate of drug-likeness (QED) is 0.722. The summed E-state index contributed by atoms with van der Waals surface area (Å²) >= 11 is 0. The zero-order valence-electron chi connectivity index (χ0n) is 9.46. The van der Waals surface area contributed by atoms with E-state index in [4.69, 9.17) is 0 Å². The van der Waals surface area contributed by atoms with Crippen molar-refractivity contribution >= 4 is 10.9 Å². The topological polar surface area (TPSA) is 72.3 Å². The van der Waals surface area contributed by atoms with E-state index >= 15 is 0 Å². The van der Waals surface area contributed by atoms with Crippen LogP contribution < -0.4 is 0 Å². The summed E-state index contributed by atoms with van der Waals surface area (Å²) in [6.07, 6.45) is 3.58. The molecule has 3 aromatic rings. The van der Waals surface area contributed by atoms with Gasteiger partial charge < -0.3 is 0 Å². The van der Waals surface area contributed by atoms with Crippen molar-refractivity contribution in [2.24, 2.45) is 7.05 Å². The van der Waals surface area contributed by atoms with Crippen LogP contribution in [0.3, 0.4) is 0 Å². The predicted octanol–water partition coefficient (Wildman–Crippen LogP) is 0.872. The van der Waals surface area contributed by atoms with Crippen LogP contribution in [0.4, 0.5) is 0 Å². The van der Waals surface area contributed by atoms with E-state index in [2.05, 4.69) is 43.9 Å². The second-order valence-electron chi connectivity index (χ2n) is 3.99. The molecule has 17 heavy (non-hydrogen) atoms. The number of hydrogen-bond donors (Lipinski definition) is 1. The van der Waals surface area contributed by atoms with E-state index in [-0.39, 0.29) is 0 Å². The highest BCUT2D eigenvalue weighted by atomic mass is 15.5. The largest absolute Gasteiger partial charge is 0.268 e. The third-order valence-electron chi connectivity index (χ3n) is 2.84. The summed E-state index contributed by atoms with van der Waals surface area (Å²) in [6, 6.07) is 6.36. The van der Waals surface area contributed by atoms with Crippen molar-refractivity contribution < 1.29 is 0 Å². The van der Waals surface area contributed by atoms with E-state index in [0.29, 0.717) is 0 Å². The Bertz CT molecular complexity index is 625. The number of nitrogens with one attached hydrogen (secondary N) is 1. The maximum atomic E-state index is 4.22. The summed E-state index contributed by atoms with van der Waals surface area (Å²) in [5.41, 5.74) is 2.41. The Hall–Kier alpha value is -2.24. The fourth-order valence-corrected chi connectivity index (χ4v) is 1.91. The summed E-state index contributed by atoms with van der Waals surface area (Å²) in [7, 11) is 1.95. The lowest BCUT2D eigenvalue weighted by Crippen LogP contribution is -1.94. The molecule has 0 saturated carbocycles. The highest BCUT2D eigenvalue weighted by molar-refractivity contribution is 5.79. The first kappa shape index (κ1) is 9.95. The Morgan fingerprint density at radius 2 is 2.24 bits per heavy atom. The van der Waals surface area contributed by atoms with Crippen molar-refractivity contribution in [3.8, 4) is 0 Å². The molecule has 0 amide bonds. The van der Waals surface area contributed by atoms with Crippen molar-refractivity contribution in [2.45, 2.75) is 12.8 Å². The minimum atomic E-state index is 0.747. The Morgan fingerprint density at radius 3 is 3.06 bits per heavy atom. The van der Waals surface area contributed by atoms with E-state index in [0.717, 1.165) is 29.6 Å². The molecule has 0 bridgehead atoms. The molecule has 0 radical (unpaired) electrons. The highest BCUT2D eigenvalue weighted by Gasteiger charge is 2.03. The van der Waals surface area contributed by atoms with Crippen LogP contribution in [-0.4, -0.2) is 30.4 Å². The molecule has 0 saturated heterocycles. The molecule has 0 aliphatic rings. The van der Waals surface area contributed by atoms with E-state index in [1.165, 1.54) is 5.56 Å². The van der Waals surface area contributed by atoms with Gasteiger partial charge in [0.2, 0.25) is 0 Å². The zero-order chi connectivity index (χ0) is 11.7. The number of aryl methyl sites for hydroxylation is 3. The minimum Gasteiger partial charge on any atom is -0.268 e. The summed E-state index contributed by atoms with van der Waals surface area (Å²) < 4.78 is 1.87. The van der Waals surface area contributed by atoms with Crippen LogP contribution in [0.15, 0.2) is 24.4 Å². The molecule has 2 aromatic heterocycles. The Labute approximate surface area is 97.6 Å². The Kier molecular flexibility index (Phi) is 2.32. The first-order valence-corrected chi connectivity index (χ1v) is 5.46. The van der Waals surface area contributed by atoms with Gasteiger partial charge in [0.05, 0.1) is 11.7 Å². The van der Waals surface area contributed by atoms with Gasteiger partial charge in [0.1, 0.15) is 0 Å². The molecule has 1 aromatic carbocycles. The van der Waals surface area contributed by atoms with Crippen LogP contribution in [0.1, 0.15) is 11.4 Å². The molecule has 0 aliphatic heterocycles. The Morgan fingerprint density at radius 1 is 1.29 bits per heavy atom. The number of nitrogens with zero attached hydrogens (tertiary/aromatic N) is 5. The molecule has 2 heterocycles. The van der Waals surface area contributed by atoms with E-state index in [1.54, 1.807) is 0 Å². The number of aromatic amines is 1. The van der Waals surface area contributed by atoms with E-state index in [1.807, 2.05) is 17.9 Å². The number of fused-ring (bicyclic) bond motifs is 1. The molecule has 86 valence electrons. The van der Waals surface area contributed by atoms with Crippen molar-refractivity contribution in [3.63, 3.8) is 0 Å². The second kappa shape index (κ2) is 3.97. The molecule has 0 spiro atoms. The van der Waals surface area contributed by atoms with Crippen LogP contribution in [0.2, 0.25) is 0 Å². The lowest BCUT2D eigenvalue weighted by atomic mass is 10.1.